The second kappa shape index (κ2) is 16.4. The molecule has 0 saturated heterocycles. The van der Waals surface area contributed by atoms with Gasteiger partial charge in [0.2, 0.25) is 11.8 Å². The summed E-state index contributed by atoms with van der Waals surface area (Å²) in [6.45, 7) is 11.1. The van der Waals surface area contributed by atoms with E-state index in [9.17, 15) is 19.2 Å². The number of aromatic amines is 2. The third kappa shape index (κ3) is 8.49. The van der Waals surface area contributed by atoms with E-state index < -0.39 is 16.7 Å². The van der Waals surface area contributed by atoms with Crippen molar-refractivity contribution in [3.05, 3.63) is 142 Å². The summed E-state index contributed by atoms with van der Waals surface area (Å²) in [5.74, 6) is -1.77. The molecule has 0 fully saturated rings. The summed E-state index contributed by atoms with van der Waals surface area (Å²) in [4.78, 5) is 67.8. The molecule has 5 heterocycles. The molecule has 3 aliphatic heterocycles. The fourth-order valence-electron chi connectivity index (χ4n) is 8.59. The number of amides is 2. The van der Waals surface area contributed by atoms with Gasteiger partial charge in [-0.05, 0) is 94.8 Å². The van der Waals surface area contributed by atoms with Gasteiger partial charge in [0.25, 0.3) is 0 Å². The number of nitrogens with zero attached hydrogens (tertiary/aromatic N) is 2. The number of allylic oxidation sites excluding steroid dienone is 4. The van der Waals surface area contributed by atoms with E-state index >= 15 is 0 Å². The first kappa shape index (κ1) is 41.3. The molecular weight excluding hydrogens is 757 g/mol. The highest BCUT2D eigenvalue weighted by atomic mass is 16.5. The van der Waals surface area contributed by atoms with Crippen molar-refractivity contribution >= 4 is 57.7 Å². The molecule has 12 nitrogen and oxygen atoms in total. The lowest BCUT2D eigenvalue weighted by Crippen LogP contribution is -2.37. The molecule has 0 unspecified atom stereocenters. The van der Waals surface area contributed by atoms with E-state index in [-0.39, 0.29) is 42.5 Å². The molecule has 2 aromatic carbocycles. The Morgan fingerprint density at radius 3 is 1.32 bits per heavy atom. The van der Waals surface area contributed by atoms with E-state index in [1.165, 1.54) is 28.1 Å². The van der Waals surface area contributed by atoms with Crippen LogP contribution < -0.4 is 10.6 Å². The number of anilines is 2. The van der Waals surface area contributed by atoms with Crippen molar-refractivity contribution in [3.63, 3.8) is 0 Å². The highest BCUT2D eigenvalue weighted by Gasteiger charge is 2.41. The minimum atomic E-state index is -0.687. The maximum absolute atomic E-state index is 13.0. The molecule has 0 saturated carbocycles. The van der Waals surface area contributed by atoms with E-state index in [2.05, 4.69) is 34.4 Å². The van der Waals surface area contributed by atoms with Gasteiger partial charge in [0.1, 0.15) is 0 Å². The van der Waals surface area contributed by atoms with Crippen LogP contribution in [0.3, 0.4) is 0 Å². The second-order valence-corrected chi connectivity index (χ2v) is 16.8. The van der Waals surface area contributed by atoms with Crippen LogP contribution in [0.5, 0.6) is 0 Å². The number of hydrogen-bond donors (Lipinski definition) is 4. The monoisotopic (exact) mass is 806 g/mol. The average Bonchev–Trinajstić information content (AvgIpc) is 4.03. The van der Waals surface area contributed by atoms with Gasteiger partial charge in [-0.15, -0.1) is 0 Å². The zero-order valence-corrected chi connectivity index (χ0v) is 35.2. The summed E-state index contributed by atoms with van der Waals surface area (Å²) in [5.41, 5.74) is 9.55. The molecule has 8 bridgehead atoms. The summed E-state index contributed by atoms with van der Waals surface area (Å²) in [6, 6.07) is 23.4. The van der Waals surface area contributed by atoms with Gasteiger partial charge in [-0.25, -0.2) is 0 Å². The number of hydrogen-bond acceptors (Lipinski definition) is 8. The van der Waals surface area contributed by atoms with E-state index in [0.717, 1.165) is 56.5 Å². The summed E-state index contributed by atoms with van der Waals surface area (Å²) < 4.78 is 10.4. The van der Waals surface area contributed by atoms with Crippen LogP contribution in [0.4, 0.5) is 11.4 Å². The Morgan fingerprint density at radius 1 is 0.567 bits per heavy atom. The number of carbonyl (C=O) groups excluding carboxylic acids is 4. The number of nitrogens with one attached hydrogen (secondary N) is 4. The zero-order chi connectivity index (χ0) is 42.9. The van der Waals surface area contributed by atoms with Crippen LogP contribution in [-0.2, 0) is 28.7 Å². The minimum Gasteiger partial charge on any atom is -0.469 e. The molecule has 4 N–H and O–H groups in total. The lowest BCUT2D eigenvalue weighted by molar-refractivity contribution is -0.144. The number of ether oxygens (including phenoxy) is 2. The van der Waals surface area contributed by atoms with Crippen LogP contribution in [0.2, 0.25) is 0 Å². The van der Waals surface area contributed by atoms with Gasteiger partial charge in [0, 0.05) is 71.0 Å². The SMILES string of the molecule is COC(=O)CC(C)(C)C1C2=N/C(=C(/c3ccc(NC(C)=O)cc3)c3ccc([nH]3)C(C(C)(C)CC(=O)OC)c3ccc([nH]3)/C(c3ccc(NC(C)=O)cc3)=C3/C=CC1=N3)C=C2. The third-order valence-electron chi connectivity index (χ3n) is 11.2. The third-order valence-corrected chi connectivity index (χ3v) is 11.2. The molecule has 60 heavy (non-hydrogen) atoms. The molecule has 0 spiro atoms. The van der Waals surface area contributed by atoms with E-state index in [1.54, 1.807) is 0 Å². The maximum atomic E-state index is 13.0. The van der Waals surface area contributed by atoms with Crippen molar-refractivity contribution in [2.75, 3.05) is 24.9 Å². The maximum Gasteiger partial charge on any atom is 0.306 e. The molecule has 12 heteroatoms. The molecule has 0 aliphatic carbocycles. The number of aliphatic imine (C=N–C) groups is 2. The average molecular weight is 807 g/mol. The Balaban J connectivity index is 1.51. The van der Waals surface area contributed by atoms with Crippen LogP contribution in [-0.4, -0.2) is 59.4 Å². The fourth-order valence-corrected chi connectivity index (χ4v) is 8.59. The number of carbonyl (C=O) groups is 4. The Labute approximate surface area is 349 Å². The molecule has 2 aromatic heterocycles. The van der Waals surface area contributed by atoms with Crippen LogP contribution in [0, 0.1) is 16.7 Å². The molecule has 0 atom stereocenters. The van der Waals surface area contributed by atoms with Gasteiger partial charge in [-0.1, -0.05) is 52.0 Å². The van der Waals surface area contributed by atoms with E-state index in [4.69, 9.17) is 19.5 Å². The highest BCUT2D eigenvalue weighted by Crippen LogP contribution is 2.46. The Morgan fingerprint density at radius 2 is 0.950 bits per heavy atom. The summed E-state index contributed by atoms with van der Waals surface area (Å²) >= 11 is 0. The lowest BCUT2D eigenvalue weighted by atomic mass is 9.71. The molecular formula is C48H50N6O6. The number of aromatic nitrogens is 2. The van der Waals surface area contributed by atoms with Crippen molar-refractivity contribution in [1.82, 2.24) is 9.97 Å². The first-order valence-electron chi connectivity index (χ1n) is 19.9. The van der Waals surface area contributed by atoms with E-state index in [1.807, 2.05) is 111 Å². The van der Waals surface area contributed by atoms with Gasteiger partial charge >= 0.3 is 11.9 Å². The molecule has 7 rings (SSSR count). The Kier molecular flexibility index (Phi) is 11.3. The number of benzene rings is 2. The van der Waals surface area contributed by atoms with Gasteiger partial charge in [-0.3, -0.25) is 29.2 Å². The lowest BCUT2D eigenvalue weighted by Gasteiger charge is -2.33. The topological polar surface area (TPSA) is 167 Å². The van der Waals surface area contributed by atoms with Crippen LogP contribution in [0.25, 0.3) is 11.1 Å². The first-order chi connectivity index (χ1) is 28.6. The number of rotatable bonds is 10. The smallest absolute Gasteiger partial charge is 0.306 e. The molecule has 2 amide bonds. The number of esters is 2. The predicted molar refractivity (Wildman–Crippen MR) is 234 cm³/mol. The molecule has 308 valence electrons. The number of H-pyrrole nitrogens is 2. The number of fused-ring (bicyclic) bond motifs is 6. The van der Waals surface area contributed by atoms with Crippen molar-refractivity contribution in [2.24, 2.45) is 26.7 Å². The second-order valence-electron chi connectivity index (χ2n) is 16.8. The van der Waals surface area contributed by atoms with Crippen molar-refractivity contribution in [1.29, 1.82) is 0 Å². The van der Waals surface area contributed by atoms with Crippen LogP contribution in [0.1, 0.15) is 94.2 Å². The standard InChI is InChI=1S/C48H50N6O6/c1-27(55)49-31-13-9-29(10-14-31)43-33-17-21-37(51-33)45(47(3,4)25-41(57)59-7)39-23-19-35(53-39)44(30-11-15-32(16-12-30)50-28(2)56)36-20-24-40(54-36)46(38-22-18-34(43)52-38)48(5,6)26-42(58)60-8/h9-24,45-46,51,53H,25-26H2,1-8H3,(H,49,55)(H,50,56)/b43-34-,44-36-. The van der Waals surface area contributed by atoms with Gasteiger partial charge in [0.05, 0.1) is 49.9 Å². The fraction of sp³-hybridized carbons (Fsp3) is 0.292. The van der Waals surface area contributed by atoms with Crippen molar-refractivity contribution < 1.29 is 28.7 Å². The van der Waals surface area contributed by atoms with Crippen LogP contribution >= 0.6 is 0 Å². The molecule has 4 aromatic rings. The normalized spacial score (nSPS) is 19.7. The van der Waals surface area contributed by atoms with E-state index in [0.29, 0.717) is 22.8 Å². The first-order valence-corrected chi connectivity index (χ1v) is 19.9. The summed E-state index contributed by atoms with van der Waals surface area (Å²) in [5, 5.41) is 5.70. The Bertz CT molecular complexity index is 2410. The predicted octanol–water partition coefficient (Wildman–Crippen LogP) is 8.74. The van der Waals surface area contributed by atoms with Crippen molar-refractivity contribution in [3.8, 4) is 0 Å². The van der Waals surface area contributed by atoms with Crippen LogP contribution in [0.15, 0.2) is 118 Å². The van der Waals surface area contributed by atoms with Crippen molar-refractivity contribution in [2.45, 2.75) is 60.3 Å². The van der Waals surface area contributed by atoms with Gasteiger partial charge in [-0.2, -0.15) is 0 Å². The Hall–Kier alpha value is -6.82. The zero-order valence-electron chi connectivity index (χ0n) is 35.2. The minimum absolute atomic E-state index is 0.115. The summed E-state index contributed by atoms with van der Waals surface area (Å²) in [7, 11) is 2.79. The summed E-state index contributed by atoms with van der Waals surface area (Å²) in [6.07, 6.45) is 8.21. The molecule has 0 radical (unpaired) electrons. The largest absolute Gasteiger partial charge is 0.469 e. The van der Waals surface area contributed by atoms with Gasteiger partial charge < -0.3 is 30.1 Å². The molecule has 3 aliphatic rings. The quantitative estimate of drug-likeness (QED) is 0.117. The van der Waals surface area contributed by atoms with Gasteiger partial charge in [0.15, 0.2) is 0 Å². The highest BCUT2D eigenvalue weighted by molar-refractivity contribution is 6.20. The number of methoxy groups -OCH3 is 2.